The van der Waals surface area contributed by atoms with E-state index in [0.29, 0.717) is 6.42 Å². The molecule has 0 saturated carbocycles. The van der Waals surface area contributed by atoms with Gasteiger partial charge in [0.05, 0.1) is 0 Å². The van der Waals surface area contributed by atoms with E-state index in [9.17, 15) is 9.59 Å². The van der Waals surface area contributed by atoms with E-state index < -0.39 is 12.0 Å². The minimum Gasteiger partial charge on any atom is -0.480 e. The van der Waals surface area contributed by atoms with E-state index in [0.717, 1.165) is 19.4 Å². The SMILES string of the molecule is CC(C(=O)O)N(C)C(=O)CC1CCCN1. The van der Waals surface area contributed by atoms with Crippen LogP contribution in [0.4, 0.5) is 0 Å². The van der Waals surface area contributed by atoms with Gasteiger partial charge in [-0.15, -0.1) is 0 Å². The van der Waals surface area contributed by atoms with Gasteiger partial charge in [-0.05, 0) is 26.3 Å². The molecule has 15 heavy (non-hydrogen) atoms. The van der Waals surface area contributed by atoms with Crippen molar-refractivity contribution >= 4 is 11.9 Å². The first-order chi connectivity index (χ1) is 7.02. The molecule has 1 fully saturated rings. The summed E-state index contributed by atoms with van der Waals surface area (Å²) in [5.41, 5.74) is 0. The quantitative estimate of drug-likeness (QED) is 0.694. The summed E-state index contributed by atoms with van der Waals surface area (Å²) in [6.07, 6.45) is 2.49. The Morgan fingerprint density at radius 2 is 2.27 bits per heavy atom. The first-order valence-corrected chi connectivity index (χ1v) is 5.24. The second-order valence-corrected chi connectivity index (χ2v) is 4.02. The zero-order valence-corrected chi connectivity index (χ0v) is 9.19. The van der Waals surface area contributed by atoms with Gasteiger partial charge in [0, 0.05) is 19.5 Å². The van der Waals surface area contributed by atoms with Crippen LogP contribution in [0.3, 0.4) is 0 Å². The number of nitrogens with one attached hydrogen (secondary N) is 1. The van der Waals surface area contributed by atoms with Gasteiger partial charge in [0.25, 0.3) is 0 Å². The van der Waals surface area contributed by atoms with Crippen molar-refractivity contribution < 1.29 is 14.7 Å². The molecule has 1 heterocycles. The topological polar surface area (TPSA) is 69.6 Å². The van der Waals surface area contributed by atoms with Crippen LogP contribution < -0.4 is 5.32 Å². The smallest absolute Gasteiger partial charge is 0.326 e. The maximum absolute atomic E-state index is 11.7. The van der Waals surface area contributed by atoms with Crippen molar-refractivity contribution in [2.75, 3.05) is 13.6 Å². The molecule has 0 aromatic heterocycles. The maximum atomic E-state index is 11.7. The van der Waals surface area contributed by atoms with Crippen LogP contribution in [0.1, 0.15) is 26.2 Å². The summed E-state index contributed by atoms with van der Waals surface area (Å²) in [5.74, 6) is -1.07. The third-order valence-electron chi connectivity index (χ3n) is 2.92. The summed E-state index contributed by atoms with van der Waals surface area (Å²) in [6.45, 7) is 2.47. The molecule has 1 amide bonds. The molecule has 0 aromatic rings. The lowest BCUT2D eigenvalue weighted by Crippen LogP contribution is -2.42. The molecule has 0 spiro atoms. The van der Waals surface area contributed by atoms with Crippen molar-refractivity contribution in [3.05, 3.63) is 0 Å². The van der Waals surface area contributed by atoms with Gasteiger partial charge in [-0.1, -0.05) is 0 Å². The second-order valence-electron chi connectivity index (χ2n) is 4.02. The van der Waals surface area contributed by atoms with E-state index in [4.69, 9.17) is 5.11 Å². The summed E-state index contributed by atoms with van der Waals surface area (Å²) >= 11 is 0. The van der Waals surface area contributed by atoms with Gasteiger partial charge in [-0.2, -0.15) is 0 Å². The molecule has 1 aliphatic heterocycles. The highest BCUT2D eigenvalue weighted by Crippen LogP contribution is 2.11. The number of amides is 1. The van der Waals surface area contributed by atoms with Crippen LogP contribution in [-0.2, 0) is 9.59 Å². The molecule has 1 saturated heterocycles. The highest BCUT2D eigenvalue weighted by molar-refractivity contribution is 5.83. The average molecular weight is 214 g/mol. The van der Waals surface area contributed by atoms with Gasteiger partial charge in [-0.3, -0.25) is 4.79 Å². The van der Waals surface area contributed by atoms with Crippen molar-refractivity contribution in [2.24, 2.45) is 0 Å². The molecule has 1 aliphatic rings. The van der Waals surface area contributed by atoms with E-state index in [-0.39, 0.29) is 11.9 Å². The molecule has 2 atom stereocenters. The Labute approximate surface area is 89.4 Å². The Balaban J connectivity index is 2.41. The molecular weight excluding hydrogens is 196 g/mol. The first kappa shape index (κ1) is 12.0. The number of carboxylic acid groups (broad SMARTS) is 1. The molecule has 0 aromatic carbocycles. The van der Waals surface area contributed by atoms with E-state index in [1.165, 1.54) is 18.9 Å². The van der Waals surface area contributed by atoms with Crippen molar-refractivity contribution in [3.63, 3.8) is 0 Å². The monoisotopic (exact) mass is 214 g/mol. The number of hydrogen-bond acceptors (Lipinski definition) is 3. The van der Waals surface area contributed by atoms with Gasteiger partial charge in [-0.25, -0.2) is 4.79 Å². The molecular formula is C10H18N2O3. The van der Waals surface area contributed by atoms with Gasteiger partial charge in [0.2, 0.25) is 5.91 Å². The molecule has 2 unspecified atom stereocenters. The minimum atomic E-state index is -0.967. The molecule has 2 N–H and O–H groups in total. The highest BCUT2D eigenvalue weighted by atomic mass is 16.4. The first-order valence-electron chi connectivity index (χ1n) is 5.24. The zero-order chi connectivity index (χ0) is 11.4. The van der Waals surface area contributed by atoms with Gasteiger partial charge in [0.1, 0.15) is 6.04 Å². The third-order valence-corrected chi connectivity index (χ3v) is 2.92. The number of carboxylic acids is 1. The highest BCUT2D eigenvalue weighted by Gasteiger charge is 2.25. The fourth-order valence-corrected chi connectivity index (χ4v) is 1.67. The second kappa shape index (κ2) is 5.11. The number of nitrogens with zero attached hydrogens (tertiary/aromatic N) is 1. The lowest BCUT2D eigenvalue weighted by molar-refractivity contribution is -0.148. The van der Waals surface area contributed by atoms with Crippen LogP contribution in [-0.4, -0.2) is 47.6 Å². The normalized spacial score (nSPS) is 22.4. The summed E-state index contributed by atoms with van der Waals surface area (Å²) in [6, 6.07) is -0.528. The minimum absolute atomic E-state index is 0.107. The zero-order valence-electron chi connectivity index (χ0n) is 9.19. The molecule has 86 valence electrons. The Hall–Kier alpha value is -1.10. The van der Waals surface area contributed by atoms with E-state index in [1.807, 2.05) is 0 Å². The fourth-order valence-electron chi connectivity index (χ4n) is 1.67. The van der Waals surface area contributed by atoms with Crippen LogP contribution in [0.25, 0.3) is 0 Å². The van der Waals surface area contributed by atoms with Crippen LogP contribution in [0, 0.1) is 0 Å². The summed E-state index contributed by atoms with van der Waals surface area (Å²) in [4.78, 5) is 23.6. The predicted octanol–water partition coefficient (Wildman–Crippen LogP) is 0.0600. The lowest BCUT2D eigenvalue weighted by Gasteiger charge is -2.23. The number of hydrogen-bond donors (Lipinski definition) is 2. The van der Waals surface area contributed by atoms with Crippen LogP contribution in [0.15, 0.2) is 0 Å². The van der Waals surface area contributed by atoms with Crippen molar-refractivity contribution in [2.45, 2.75) is 38.3 Å². The maximum Gasteiger partial charge on any atom is 0.326 e. The molecule has 0 bridgehead atoms. The summed E-state index contributed by atoms with van der Waals surface area (Å²) in [7, 11) is 1.54. The largest absolute Gasteiger partial charge is 0.480 e. The molecule has 5 heteroatoms. The molecule has 0 radical (unpaired) electrons. The van der Waals surface area contributed by atoms with Crippen molar-refractivity contribution in [3.8, 4) is 0 Å². The fraction of sp³-hybridized carbons (Fsp3) is 0.800. The average Bonchev–Trinajstić information content (AvgIpc) is 2.67. The summed E-state index contributed by atoms with van der Waals surface area (Å²) in [5, 5.41) is 12.0. The Morgan fingerprint density at radius 1 is 1.60 bits per heavy atom. The van der Waals surface area contributed by atoms with Crippen LogP contribution in [0.2, 0.25) is 0 Å². The van der Waals surface area contributed by atoms with Crippen molar-refractivity contribution in [1.82, 2.24) is 10.2 Å². The number of aliphatic carboxylic acids is 1. The Kier molecular flexibility index (Phi) is 4.08. The number of rotatable bonds is 4. The van der Waals surface area contributed by atoms with Crippen LogP contribution in [0.5, 0.6) is 0 Å². The van der Waals surface area contributed by atoms with E-state index in [1.54, 1.807) is 0 Å². The lowest BCUT2D eigenvalue weighted by atomic mass is 10.1. The number of likely N-dealkylation sites (N-methyl/N-ethyl adjacent to an activating group) is 1. The molecule has 0 aliphatic carbocycles. The van der Waals surface area contributed by atoms with Gasteiger partial charge >= 0.3 is 5.97 Å². The van der Waals surface area contributed by atoms with E-state index >= 15 is 0 Å². The Bertz CT molecular complexity index is 249. The van der Waals surface area contributed by atoms with Crippen molar-refractivity contribution in [1.29, 1.82) is 0 Å². The number of carbonyl (C=O) groups is 2. The van der Waals surface area contributed by atoms with E-state index in [2.05, 4.69) is 5.32 Å². The summed E-state index contributed by atoms with van der Waals surface area (Å²) < 4.78 is 0. The van der Waals surface area contributed by atoms with Crippen LogP contribution >= 0.6 is 0 Å². The number of carbonyl (C=O) groups excluding carboxylic acids is 1. The standard InChI is InChI=1S/C10H18N2O3/c1-7(10(14)15)12(2)9(13)6-8-4-3-5-11-8/h7-8,11H,3-6H2,1-2H3,(H,14,15). The van der Waals surface area contributed by atoms with Gasteiger partial charge in [0.15, 0.2) is 0 Å². The third kappa shape index (κ3) is 3.20. The molecule has 1 rings (SSSR count). The van der Waals surface area contributed by atoms with Gasteiger partial charge < -0.3 is 15.3 Å². The predicted molar refractivity (Wildman–Crippen MR) is 55.5 cm³/mol. The Morgan fingerprint density at radius 3 is 2.73 bits per heavy atom. The molecule has 5 nitrogen and oxygen atoms in total.